The SMILES string of the molecule is C=CC(=O)OCCOCCOCCOCCOCCOCCOCCOCCOCCOCCOC(=O)CCCCCCCCCCCCCCC. The molecule has 0 saturated heterocycles. The van der Waals surface area contributed by atoms with Crippen molar-refractivity contribution in [3.63, 3.8) is 0 Å². The summed E-state index contributed by atoms with van der Waals surface area (Å²) in [5.74, 6) is -0.596. The minimum atomic E-state index is -0.460. The van der Waals surface area contributed by atoms with Crippen LogP contribution in [0.25, 0.3) is 0 Å². The van der Waals surface area contributed by atoms with E-state index in [1.54, 1.807) is 0 Å². The Morgan fingerprint density at radius 1 is 0.365 bits per heavy atom. The third kappa shape index (κ3) is 44.5. The minimum absolute atomic E-state index is 0.136. The molecule has 52 heavy (non-hydrogen) atoms. The van der Waals surface area contributed by atoms with E-state index in [1.165, 1.54) is 70.6 Å². The summed E-state index contributed by atoms with van der Waals surface area (Å²) in [5, 5.41) is 0. The number of ether oxygens (including phenoxy) is 11. The van der Waals surface area contributed by atoms with Gasteiger partial charge in [-0.15, -0.1) is 0 Å². The van der Waals surface area contributed by atoms with Gasteiger partial charge in [0.05, 0.1) is 119 Å². The highest BCUT2D eigenvalue weighted by atomic mass is 16.6. The molecule has 0 radical (unpaired) electrons. The number of carbonyl (C=O) groups is 2. The second-order valence-electron chi connectivity index (χ2n) is 12.1. The number of hydrogen-bond donors (Lipinski definition) is 0. The van der Waals surface area contributed by atoms with E-state index in [-0.39, 0.29) is 19.2 Å². The van der Waals surface area contributed by atoms with Crippen molar-refractivity contribution in [3.8, 4) is 0 Å². The first-order valence-electron chi connectivity index (χ1n) is 19.8. The largest absolute Gasteiger partial charge is 0.463 e. The van der Waals surface area contributed by atoms with Crippen LogP contribution in [0.4, 0.5) is 0 Å². The molecule has 0 fully saturated rings. The van der Waals surface area contributed by atoms with E-state index in [4.69, 9.17) is 52.1 Å². The Morgan fingerprint density at radius 3 is 0.904 bits per heavy atom. The molecule has 308 valence electrons. The molecule has 0 aliphatic rings. The monoisotopic (exact) mass is 751 g/mol. The molecular weight excluding hydrogens is 676 g/mol. The lowest BCUT2D eigenvalue weighted by atomic mass is 10.0. The highest BCUT2D eigenvalue weighted by Crippen LogP contribution is 2.13. The van der Waals surface area contributed by atoms with Crippen LogP contribution in [0.3, 0.4) is 0 Å². The number of carbonyl (C=O) groups excluding carboxylic acids is 2. The lowest BCUT2D eigenvalue weighted by molar-refractivity contribution is -0.145. The summed E-state index contributed by atoms with van der Waals surface area (Å²) >= 11 is 0. The minimum Gasteiger partial charge on any atom is -0.463 e. The maximum atomic E-state index is 11.9. The molecule has 0 aliphatic carbocycles. The Balaban J connectivity index is 3.13. The molecule has 0 aromatic rings. The Hall–Kier alpha value is -1.68. The zero-order valence-electron chi connectivity index (χ0n) is 32.6. The van der Waals surface area contributed by atoms with E-state index in [2.05, 4.69) is 13.5 Å². The van der Waals surface area contributed by atoms with Crippen molar-refractivity contribution < 1.29 is 61.7 Å². The second kappa shape index (κ2) is 45.5. The van der Waals surface area contributed by atoms with Gasteiger partial charge in [0.1, 0.15) is 13.2 Å². The molecule has 0 amide bonds. The van der Waals surface area contributed by atoms with E-state index in [0.717, 1.165) is 18.9 Å². The summed E-state index contributed by atoms with van der Waals surface area (Å²) in [6, 6.07) is 0. The van der Waals surface area contributed by atoms with Crippen molar-refractivity contribution in [2.75, 3.05) is 132 Å². The molecule has 0 rings (SSSR count). The first kappa shape index (κ1) is 50.3. The zero-order chi connectivity index (χ0) is 37.7. The number of hydrogen-bond acceptors (Lipinski definition) is 13. The Kier molecular flexibility index (Phi) is 44.0. The number of rotatable bonds is 45. The van der Waals surface area contributed by atoms with Gasteiger partial charge in [0.25, 0.3) is 0 Å². The Morgan fingerprint density at radius 2 is 0.615 bits per heavy atom. The summed E-state index contributed by atoms with van der Waals surface area (Å²) in [7, 11) is 0. The van der Waals surface area contributed by atoms with Crippen LogP contribution in [0, 0.1) is 0 Å². The first-order valence-corrected chi connectivity index (χ1v) is 19.8. The lowest BCUT2D eigenvalue weighted by Crippen LogP contribution is -2.15. The maximum Gasteiger partial charge on any atom is 0.330 e. The van der Waals surface area contributed by atoms with E-state index in [9.17, 15) is 9.59 Å². The van der Waals surface area contributed by atoms with Crippen molar-refractivity contribution in [1.29, 1.82) is 0 Å². The van der Waals surface area contributed by atoms with Crippen molar-refractivity contribution in [2.45, 2.75) is 96.8 Å². The first-order chi connectivity index (χ1) is 25.7. The van der Waals surface area contributed by atoms with Crippen LogP contribution in [0.2, 0.25) is 0 Å². The predicted molar refractivity (Wildman–Crippen MR) is 200 cm³/mol. The molecule has 0 saturated carbocycles. The standard InChI is InChI=1S/C39H74O13/c1-3-5-6-7-8-9-10-11-12-13-14-15-16-17-39(41)52-37-35-50-33-31-48-29-27-46-25-23-44-21-19-42-18-20-43-22-24-45-26-28-47-30-32-49-34-36-51-38(40)4-2/h4H,2-3,5-37H2,1H3. The molecule has 0 aromatic carbocycles. The van der Waals surface area contributed by atoms with Crippen LogP contribution in [-0.4, -0.2) is 144 Å². The molecule has 13 nitrogen and oxygen atoms in total. The average molecular weight is 751 g/mol. The normalized spacial score (nSPS) is 11.2. The summed E-state index contributed by atoms with van der Waals surface area (Å²) in [4.78, 5) is 22.7. The smallest absolute Gasteiger partial charge is 0.330 e. The van der Waals surface area contributed by atoms with Gasteiger partial charge in [0.15, 0.2) is 0 Å². The molecule has 0 heterocycles. The maximum absolute atomic E-state index is 11.9. The van der Waals surface area contributed by atoms with Crippen LogP contribution in [0.15, 0.2) is 12.7 Å². The van der Waals surface area contributed by atoms with Gasteiger partial charge < -0.3 is 52.1 Å². The van der Waals surface area contributed by atoms with Gasteiger partial charge in [0, 0.05) is 12.5 Å². The highest BCUT2D eigenvalue weighted by Gasteiger charge is 2.03. The van der Waals surface area contributed by atoms with Crippen LogP contribution < -0.4 is 0 Å². The molecule has 0 aliphatic heterocycles. The Bertz CT molecular complexity index is 741. The van der Waals surface area contributed by atoms with E-state index in [0.29, 0.717) is 125 Å². The zero-order valence-corrected chi connectivity index (χ0v) is 32.6. The third-order valence-electron chi connectivity index (χ3n) is 7.59. The Labute approximate surface area is 314 Å². The average Bonchev–Trinajstić information content (AvgIpc) is 3.15. The van der Waals surface area contributed by atoms with Crippen LogP contribution in [-0.2, 0) is 61.7 Å². The summed E-state index contributed by atoms with van der Waals surface area (Å²) in [6.45, 7) is 14.3. The summed E-state index contributed by atoms with van der Waals surface area (Å²) < 4.78 is 59.0. The fourth-order valence-corrected chi connectivity index (χ4v) is 4.70. The fourth-order valence-electron chi connectivity index (χ4n) is 4.70. The van der Waals surface area contributed by atoms with Gasteiger partial charge in [0.2, 0.25) is 0 Å². The van der Waals surface area contributed by atoms with E-state index >= 15 is 0 Å². The van der Waals surface area contributed by atoms with Crippen molar-refractivity contribution >= 4 is 11.9 Å². The second-order valence-corrected chi connectivity index (χ2v) is 12.1. The topological polar surface area (TPSA) is 136 Å². The molecule has 0 aromatic heterocycles. The van der Waals surface area contributed by atoms with Gasteiger partial charge in [-0.1, -0.05) is 90.6 Å². The fraction of sp³-hybridized carbons (Fsp3) is 0.897. The molecule has 0 bridgehead atoms. The van der Waals surface area contributed by atoms with Crippen LogP contribution in [0.1, 0.15) is 96.8 Å². The highest BCUT2D eigenvalue weighted by molar-refractivity contribution is 5.81. The van der Waals surface area contributed by atoms with Gasteiger partial charge >= 0.3 is 11.9 Å². The third-order valence-corrected chi connectivity index (χ3v) is 7.59. The number of unbranched alkanes of at least 4 members (excludes halogenated alkanes) is 12. The van der Waals surface area contributed by atoms with E-state index in [1.807, 2.05) is 0 Å². The van der Waals surface area contributed by atoms with Crippen LogP contribution in [0.5, 0.6) is 0 Å². The molecule has 0 N–H and O–H groups in total. The number of esters is 2. The van der Waals surface area contributed by atoms with Crippen molar-refractivity contribution in [2.24, 2.45) is 0 Å². The molecule has 0 unspecified atom stereocenters. The summed E-state index contributed by atoms with van der Waals surface area (Å²) in [6.07, 6.45) is 18.4. The van der Waals surface area contributed by atoms with Gasteiger partial charge in [-0.05, 0) is 6.42 Å². The molecular formula is C39H74O13. The van der Waals surface area contributed by atoms with E-state index < -0.39 is 5.97 Å². The molecule has 0 spiro atoms. The molecule has 0 atom stereocenters. The van der Waals surface area contributed by atoms with Crippen molar-refractivity contribution in [3.05, 3.63) is 12.7 Å². The van der Waals surface area contributed by atoms with Gasteiger partial charge in [-0.3, -0.25) is 4.79 Å². The van der Waals surface area contributed by atoms with Gasteiger partial charge in [-0.2, -0.15) is 0 Å². The van der Waals surface area contributed by atoms with Crippen molar-refractivity contribution in [1.82, 2.24) is 0 Å². The quantitative estimate of drug-likeness (QED) is 0.0416. The molecule has 13 heteroatoms. The van der Waals surface area contributed by atoms with Crippen LogP contribution >= 0.6 is 0 Å². The van der Waals surface area contributed by atoms with Gasteiger partial charge in [-0.25, -0.2) is 4.79 Å². The lowest BCUT2D eigenvalue weighted by Gasteiger charge is -2.09. The summed E-state index contributed by atoms with van der Waals surface area (Å²) in [5.41, 5.74) is 0. The predicted octanol–water partition coefficient (Wildman–Crippen LogP) is 5.89.